The lowest BCUT2D eigenvalue weighted by atomic mass is 9.92. The van der Waals surface area contributed by atoms with Crippen molar-refractivity contribution < 1.29 is 5.11 Å². The van der Waals surface area contributed by atoms with Crippen molar-refractivity contribution in [2.45, 2.75) is 18.4 Å². The first kappa shape index (κ1) is 16.6. The molecule has 0 aromatic heterocycles. The second-order valence-electron chi connectivity index (χ2n) is 6.85. The third-order valence-corrected chi connectivity index (χ3v) is 4.96. The Morgan fingerprint density at radius 2 is 1.38 bits per heavy atom. The molecule has 1 atom stereocenters. The fraction of sp³-hybridized carbons (Fsp3) is 0.120. The summed E-state index contributed by atoms with van der Waals surface area (Å²) < 4.78 is 0. The molecular weight excluding hydrogens is 316 g/mol. The van der Waals surface area contributed by atoms with Gasteiger partial charge in [0.25, 0.3) is 0 Å². The van der Waals surface area contributed by atoms with Gasteiger partial charge >= 0.3 is 0 Å². The molecule has 1 heteroatoms. The molecule has 128 valence electrons. The van der Waals surface area contributed by atoms with E-state index in [0.717, 1.165) is 16.7 Å². The molecule has 0 unspecified atom stereocenters. The molecule has 3 aromatic carbocycles. The van der Waals surface area contributed by atoms with Gasteiger partial charge in [0.15, 0.2) is 0 Å². The molecule has 0 heterocycles. The molecule has 4 rings (SSSR count). The van der Waals surface area contributed by atoms with Crippen LogP contribution in [-0.4, -0.2) is 5.11 Å². The number of aliphatic hydroxyl groups is 1. The number of benzene rings is 3. The van der Waals surface area contributed by atoms with E-state index in [0.29, 0.717) is 12.8 Å². The molecule has 1 aliphatic rings. The van der Waals surface area contributed by atoms with E-state index in [4.69, 9.17) is 0 Å². The topological polar surface area (TPSA) is 20.2 Å². The van der Waals surface area contributed by atoms with Crippen LogP contribution in [0.5, 0.6) is 0 Å². The maximum Gasteiger partial charge on any atom is 0.0977 e. The molecule has 0 saturated carbocycles. The summed E-state index contributed by atoms with van der Waals surface area (Å²) in [5, 5.41) is 11.4. The van der Waals surface area contributed by atoms with Crippen LogP contribution in [0, 0.1) is 0 Å². The Labute approximate surface area is 155 Å². The SMILES string of the molecule is O[C@@]1(C/C=C/c2ccccc2)C/C(=C\c2ccccc2)c2ccccc21. The zero-order valence-corrected chi connectivity index (χ0v) is 14.7. The summed E-state index contributed by atoms with van der Waals surface area (Å²) in [5.41, 5.74) is 4.86. The highest BCUT2D eigenvalue weighted by Crippen LogP contribution is 2.46. The molecule has 0 radical (unpaired) electrons. The molecule has 26 heavy (non-hydrogen) atoms. The van der Waals surface area contributed by atoms with Gasteiger partial charge in [0, 0.05) is 6.42 Å². The maximum absolute atomic E-state index is 11.4. The molecule has 0 spiro atoms. The van der Waals surface area contributed by atoms with E-state index in [9.17, 15) is 5.11 Å². The Hall–Kier alpha value is -2.90. The van der Waals surface area contributed by atoms with Gasteiger partial charge in [-0.25, -0.2) is 0 Å². The highest BCUT2D eigenvalue weighted by Gasteiger charge is 2.38. The van der Waals surface area contributed by atoms with Crippen LogP contribution in [0.25, 0.3) is 17.7 Å². The summed E-state index contributed by atoms with van der Waals surface area (Å²) in [5.74, 6) is 0. The summed E-state index contributed by atoms with van der Waals surface area (Å²) >= 11 is 0. The van der Waals surface area contributed by atoms with Crippen molar-refractivity contribution in [2.24, 2.45) is 0 Å². The summed E-state index contributed by atoms with van der Waals surface area (Å²) in [6, 6.07) is 28.7. The summed E-state index contributed by atoms with van der Waals surface area (Å²) in [7, 11) is 0. The average molecular weight is 338 g/mol. The first-order valence-corrected chi connectivity index (χ1v) is 9.04. The largest absolute Gasteiger partial charge is 0.384 e. The van der Waals surface area contributed by atoms with Gasteiger partial charge in [0.1, 0.15) is 0 Å². The normalized spacial score (nSPS) is 20.6. The van der Waals surface area contributed by atoms with E-state index in [-0.39, 0.29) is 0 Å². The van der Waals surface area contributed by atoms with Crippen LogP contribution in [0.4, 0.5) is 0 Å². The Morgan fingerprint density at radius 1 is 0.769 bits per heavy atom. The standard InChI is InChI=1S/C25H22O/c26-25(17-9-14-20-10-3-1-4-11-20)19-22(18-21-12-5-2-6-13-21)23-15-7-8-16-24(23)25/h1-16,18,26H,17,19H2/b14-9+,22-18+/t25-/m0/s1. The first-order chi connectivity index (χ1) is 12.7. The smallest absolute Gasteiger partial charge is 0.0977 e. The summed E-state index contributed by atoms with van der Waals surface area (Å²) in [6.07, 6.45) is 7.60. The second kappa shape index (κ2) is 7.15. The molecule has 0 amide bonds. The molecule has 0 bridgehead atoms. The van der Waals surface area contributed by atoms with E-state index >= 15 is 0 Å². The van der Waals surface area contributed by atoms with Crippen LogP contribution < -0.4 is 0 Å². The van der Waals surface area contributed by atoms with Gasteiger partial charge in [-0.3, -0.25) is 0 Å². The maximum atomic E-state index is 11.4. The summed E-state index contributed by atoms with van der Waals surface area (Å²) in [4.78, 5) is 0. The lowest BCUT2D eigenvalue weighted by molar-refractivity contribution is 0.0515. The van der Waals surface area contributed by atoms with E-state index in [1.54, 1.807) is 0 Å². The predicted molar refractivity (Wildman–Crippen MR) is 109 cm³/mol. The van der Waals surface area contributed by atoms with Crippen molar-refractivity contribution in [3.8, 4) is 0 Å². The van der Waals surface area contributed by atoms with Crippen LogP contribution in [0.3, 0.4) is 0 Å². The number of hydrogen-bond acceptors (Lipinski definition) is 1. The van der Waals surface area contributed by atoms with E-state index < -0.39 is 5.60 Å². The molecule has 0 aliphatic heterocycles. The van der Waals surface area contributed by atoms with Crippen LogP contribution in [0.2, 0.25) is 0 Å². The Kier molecular flexibility index (Phi) is 4.55. The zero-order chi connectivity index (χ0) is 17.8. The zero-order valence-electron chi connectivity index (χ0n) is 14.7. The predicted octanol–water partition coefficient (Wildman–Crippen LogP) is 5.92. The Balaban J connectivity index is 1.63. The lowest BCUT2D eigenvalue weighted by Crippen LogP contribution is -2.20. The van der Waals surface area contributed by atoms with Crippen molar-refractivity contribution in [3.05, 3.63) is 113 Å². The van der Waals surface area contributed by atoms with Gasteiger partial charge in [-0.2, -0.15) is 0 Å². The highest BCUT2D eigenvalue weighted by molar-refractivity contribution is 5.86. The number of hydrogen-bond donors (Lipinski definition) is 1. The van der Waals surface area contributed by atoms with Gasteiger partial charge in [0.2, 0.25) is 0 Å². The molecular formula is C25H22O. The van der Waals surface area contributed by atoms with E-state index in [1.165, 1.54) is 11.1 Å². The van der Waals surface area contributed by atoms with Crippen molar-refractivity contribution in [2.75, 3.05) is 0 Å². The molecule has 1 N–H and O–H groups in total. The first-order valence-electron chi connectivity index (χ1n) is 9.04. The number of rotatable bonds is 4. The molecule has 1 nitrogen and oxygen atoms in total. The van der Waals surface area contributed by atoms with Crippen LogP contribution in [0.1, 0.15) is 35.1 Å². The van der Waals surface area contributed by atoms with Crippen LogP contribution in [0.15, 0.2) is 91.0 Å². The van der Waals surface area contributed by atoms with Gasteiger partial charge in [-0.05, 0) is 34.2 Å². The van der Waals surface area contributed by atoms with E-state index in [2.05, 4.69) is 54.6 Å². The average Bonchev–Trinajstić information content (AvgIpc) is 2.96. The lowest BCUT2D eigenvalue weighted by Gasteiger charge is -2.22. The molecule has 1 aliphatic carbocycles. The Morgan fingerprint density at radius 3 is 2.12 bits per heavy atom. The van der Waals surface area contributed by atoms with Crippen molar-refractivity contribution in [3.63, 3.8) is 0 Å². The molecule has 0 fully saturated rings. The minimum absolute atomic E-state index is 0.602. The third kappa shape index (κ3) is 3.40. The monoisotopic (exact) mass is 338 g/mol. The van der Waals surface area contributed by atoms with Crippen LogP contribution in [-0.2, 0) is 5.60 Å². The van der Waals surface area contributed by atoms with E-state index in [1.807, 2.05) is 48.5 Å². The third-order valence-electron chi connectivity index (χ3n) is 4.96. The fourth-order valence-electron chi connectivity index (χ4n) is 3.69. The highest BCUT2D eigenvalue weighted by atomic mass is 16.3. The summed E-state index contributed by atoms with van der Waals surface area (Å²) in [6.45, 7) is 0. The van der Waals surface area contributed by atoms with Gasteiger partial charge in [0.05, 0.1) is 5.60 Å². The molecule has 0 saturated heterocycles. The Bertz CT molecular complexity index is 938. The quantitative estimate of drug-likeness (QED) is 0.626. The fourth-order valence-corrected chi connectivity index (χ4v) is 3.69. The minimum atomic E-state index is -0.845. The van der Waals surface area contributed by atoms with Gasteiger partial charge in [-0.1, -0.05) is 103 Å². The van der Waals surface area contributed by atoms with Crippen LogP contribution >= 0.6 is 0 Å². The van der Waals surface area contributed by atoms with Crippen molar-refractivity contribution in [1.82, 2.24) is 0 Å². The van der Waals surface area contributed by atoms with Gasteiger partial charge < -0.3 is 5.11 Å². The van der Waals surface area contributed by atoms with Crippen molar-refractivity contribution >= 4 is 17.7 Å². The van der Waals surface area contributed by atoms with Crippen molar-refractivity contribution in [1.29, 1.82) is 0 Å². The number of fused-ring (bicyclic) bond motifs is 1. The molecule has 3 aromatic rings. The van der Waals surface area contributed by atoms with Gasteiger partial charge in [-0.15, -0.1) is 0 Å². The minimum Gasteiger partial charge on any atom is -0.384 e. The second-order valence-corrected chi connectivity index (χ2v) is 6.85.